The fourth-order valence-electron chi connectivity index (χ4n) is 1.42. The molecule has 2 atom stereocenters. The van der Waals surface area contributed by atoms with Crippen molar-refractivity contribution in [2.24, 2.45) is 0 Å². The van der Waals surface area contributed by atoms with Crippen LogP contribution in [0.1, 0.15) is 23.7 Å². The van der Waals surface area contributed by atoms with Crippen molar-refractivity contribution in [3.8, 4) is 0 Å². The van der Waals surface area contributed by atoms with Gasteiger partial charge in [-0.2, -0.15) is 13.2 Å². The van der Waals surface area contributed by atoms with Gasteiger partial charge < -0.3 is 10.2 Å². The first-order valence-electron chi connectivity index (χ1n) is 5.06. The Morgan fingerprint density at radius 3 is 2.33 bits per heavy atom. The normalized spacial score (nSPS) is 15.5. The zero-order chi connectivity index (χ0) is 13.9. The first kappa shape index (κ1) is 15.2. The number of hydrogen-bond donors (Lipinski definition) is 2. The van der Waals surface area contributed by atoms with Gasteiger partial charge in [0, 0.05) is 11.4 Å². The molecule has 0 aliphatic carbocycles. The molecule has 1 rings (SSSR count). The van der Waals surface area contributed by atoms with Gasteiger partial charge in [-0.15, -0.1) is 11.6 Å². The Balaban J connectivity index is 3.08. The first-order chi connectivity index (χ1) is 8.27. The average Bonchev–Trinajstić information content (AvgIpc) is 2.27. The monoisotopic (exact) mass is 286 g/mol. The third kappa shape index (κ3) is 3.57. The molecule has 102 valence electrons. The van der Waals surface area contributed by atoms with Crippen molar-refractivity contribution in [1.29, 1.82) is 0 Å². The highest BCUT2D eigenvalue weighted by Gasteiger charge is 2.32. The Kier molecular flexibility index (Phi) is 4.95. The molecule has 0 bridgehead atoms. The summed E-state index contributed by atoms with van der Waals surface area (Å²) in [4.78, 5) is 0. The Morgan fingerprint density at radius 2 is 1.83 bits per heavy atom. The molecule has 18 heavy (non-hydrogen) atoms. The molecule has 1 aromatic carbocycles. The Bertz CT molecular complexity index is 409. The fourth-order valence-corrected chi connectivity index (χ4v) is 1.65. The highest BCUT2D eigenvalue weighted by atomic mass is 35.5. The van der Waals surface area contributed by atoms with Crippen LogP contribution in [0.4, 0.5) is 17.6 Å². The number of halogens is 5. The lowest BCUT2D eigenvalue weighted by molar-refractivity contribution is -0.137. The van der Waals surface area contributed by atoms with Crippen molar-refractivity contribution < 1.29 is 27.8 Å². The van der Waals surface area contributed by atoms with Gasteiger partial charge in [-0.1, -0.05) is 0 Å². The lowest BCUT2D eigenvalue weighted by Crippen LogP contribution is -2.20. The third-order valence-corrected chi connectivity index (χ3v) is 2.63. The minimum absolute atomic E-state index is 0.00118. The van der Waals surface area contributed by atoms with Gasteiger partial charge in [-0.25, -0.2) is 4.39 Å². The predicted molar refractivity (Wildman–Crippen MR) is 57.7 cm³/mol. The number of benzene rings is 1. The number of alkyl halides is 4. The van der Waals surface area contributed by atoms with Crippen LogP contribution in [0.15, 0.2) is 18.2 Å². The molecule has 0 saturated carbocycles. The standard InChI is InChI=1S/C11H11ClF4O2/c12-4-3-9(17)10(18)7-5-6(11(14,15)16)1-2-8(7)13/h1-2,5,9-10,17-18H,3-4H2. The third-order valence-electron chi connectivity index (χ3n) is 2.41. The van der Waals surface area contributed by atoms with Crippen LogP contribution in [0.2, 0.25) is 0 Å². The summed E-state index contributed by atoms with van der Waals surface area (Å²) in [5, 5.41) is 19.0. The predicted octanol–water partition coefficient (Wildman–Crippen LogP) is 2.87. The van der Waals surface area contributed by atoms with Crippen molar-refractivity contribution >= 4 is 11.6 Å². The molecule has 0 radical (unpaired) electrons. The van der Waals surface area contributed by atoms with Gasteiger partial charge in [0.15, 0.2) is 0 Å². The van der Waals surface area contributed by atoms with Crippen LogP contribution in [-0.4, -0.2) is 22.2 Å². The lowest BCUT2D eigenvalue weighted by atomic mass is 10.00. The van der Waals surface area contributed by atoms with E-state index in [2.05, 4.69) is 0 Å². The summed E-state index contributed by atoms with van der Waals surface area (Å²) in [5.41, 5.74) is -1.68. The molecule has 7 heteroatoms. The van der Waals surface area contributed by atoms with Gasteiger partial charge in [-0.05, 0) is 24.6 Å². The molecular formula is C11H11ClF4O2. The van der Waals surface area contributed by atoms with Crippen molar-refractivity contribution in [3.63, 3.8) is 0 Å². The molecule has 0 aromatic heterocycles. The molecule has 0 aliphatic rings. The van der Waals surface area contributed by atoms with E-state index in [1.54, 1.807) is 0 Å². The minimum atomic E-state index is -4.64. The van der Waals surface area contributed by atoms with Crippen LogP contribution in [0.5, 0.6) is 0 Å². The second kappa shape index (κ2) is 5.86. The van der Waals surface area contributed by atoms with Crippen LogP contribution < -0.4 is 0 Å². The molecule has 0 saturated heterocycles. The van der Waals surface area contributed by atoms with E-state index in [-0.39, 0.29) is 12.3 Å². The van der Waals surface area contributed by atoms with Gasteiger partial charge in [0.1, 0.15) is 11.9 Å². The molecular weight excluding hydrogens is 276 g/mol. The Hall–Kier alpha value is -0.850. The van der Waals surface area contributed by atoms with Gasteiger partial charge in [-0.3, -0.25) is 0 Å². The summed E-state index contributed by atoms with van der Waals surface area (Å²) in [5.74, 6) is -1.01. The molecule has 2 unspecified atom stereocenters. The summed E-state index contributed by atoms with van der Waals surface area (Å²) in [6.07, 6.45) is -7.86. The first-order valence-corrected chi connectivity index (χ1v) is 5.59. The largest absolute Gasteiger partial charge is 0.416 e. The molecule has 0 spiro atoms. The summed E-state index contributed by atoms with van der Waals surface area (Å²) >= 11 is 5.33. The topological polar surface area (TPSA) is 40.5 Å². The average molecular weight is 287 g/mol. The smallest absolute Gasteiger partial charge is 0.390 e. The number of aliphatic hydroxyl groups excluding tert-OH is 2. The molecule has 1 aromatic rings. The van der Waals surface area contributed by atoms with Gasteiger partial charge in [0.25, 0.3) is 0 Å². The van der Waals surface area contributed by atoms with Crippen LogP contribution in [0, 0.1) is 5.82 Å². The van der Waals surface area contributed by atoms with E-state index < -0.39 is 35.3 Å². The van der Waals surface area contributed by atoms with E-state index in [1.807, 2.05) is 0 Å². The van der Waals surface area contributed by atoms with Gasteiger partial charge >= 0.3 is 6.18 Å². The molecule has 0 fully saturated rings. The number of rotatable bonds is 4. The van der Waals surface area contributed by atoms with Crippen LogP contribution >= 0.6 is 11.6 Å². The summed E-state index contributed by atoms with van der Waals surface area (Å²) in [7, 11) is 0. The number of hydrogen-bond acceptors (Lipinski definition) is 2. The quantitative estimate of drug-likeness (QED) is 0.660. The SMILES string of the molecule is OC(CCCl)C(O)c1cc(C(F)(F)F)ccc1F. The van der Waals surface area contributed by atoms with E-state index in [0.29, 0.717) is 18.2 Å². The second-order valence-electron chi connectivity index (χ2n) is 3.72. The van der Waals surface area contributed by atoms with E-state index in [4.69, 9.17) is 11.6 Å². The van der Waals surface area contributed by atoms with Crippen molar-refractivity contribution in [1.82, 2.24) is 0 Å². The van der Waals surface area contributed by atoms with Crippen molar-refractivity contribution in [3.05, 3.63) is 35.1 Å². The highest BCUT2D eigenvalue weighted by molar-refractivity contribution is 6.17. The van der Waals surface area contributed by atoms with E-state index in [0.717, 1.165) is 0 Å². The summed E-state index contributed by atoms with van der Waals surface area (Å²) in [6, 6.07) is 1.66. The van der Waals surface area contributed by atoms with Crippen LogP contribution in [-0.2, 0) is 6.18 Å². The maximum atomic E-state index is 13.3. The highest BCUT2D eigenvalue weighted by Crippen LogP contribution is 2.32. The van der Waals surface area contributed by atoms with Crippen molar-refractivity contribution in [2.75, 3.05) is 5.88 Å². The van der Waals surface area contributed by atoms with Crippen LogP contribution in [0.25, 0.3) is 0 Å². The zero-order valence-corrected chi connectivity index (χ0v) is 9.84. The zero-order valence-electron chi connectivity index (χ0n) is 9.09. The summed E-state index contributed by atoms with van der Waals surface area (Å²) in [6.45, 7) is 0. The lowest BCUT2D eigenvalue weighted by Gasteiger charge is -2.19. The maximum absolute atomic E-state index is 13.3. The van der Waals surface area contributed by atoms with E-state index in [9.17, 15) is 27.8 Å². The Labute approximate surface area is 106 Å². The molecule has 0 amide bonds. The molecule has 0 aliphatic heterocycles. The summed E-state index contributed by atoms with van der Waals surface area (Å²) < 4.78 is 50.6. The molecule has 0 heterocycles. The number of aliphatic hydroxyl groups is 2. The van der Waals surface area contributed by atoms with Gasteiger partial charge in [0.2, 0.25) is 0 Å². The molecule has 2 nitrogen and oxygen atoms in total. The van der Waals surface area contributed by atoms with Crippen LogP contribution in [0.3, 0.4) is 0 Å². The fraction of sp³-hybridized carbons (Fsp3) is 0.455. The minimum Gasteiger partial charge on any atom is -0.390 e. The van der Waals surface area contributed by atoms with E-state index in [1.165, 1.54) is 0 Å². The second-order valence-corrected chi connectivity index (χ2v) is 4.10. The Morgan fingerprint density at radius 1 is 1.22 bits per heavy atom. The maximum Gasteiger partial charge on any atom is 0.416 e. The molecule has 2 N–H and O–H groups in total. The van der Waals surface area contributed by atoms with Gasteiger partial charge in [0.05, 0.1) is 11.7 Å². The van der Waals surface area contributed by atoms with Crippen molar-refractivity contribution in [2.45, 2.75) is 24.8 Å². The van der Waals surface area contributed by atoms with E-state index >= 15 is 0 Å².